The van der Waals surface area contributed by atoms with Crippen LogP contribution in [0, 0.1) is 11.6 Å². The molecule has 0 saturated carbocycles. The number of fused-ring (bicyclic) bond motifs is 3. The van der Waals surface area contributed by atoms with Gasteiger partial charge in [-0.15, -0.1) is 21.5 Å². The predicted molar refractivity (Wildman–Crippen MR) is 117 cm³/mol. The molecular formula is C20H17F2N5O3S2. The second kappa shape index (κ2) is 8.60. The molecule has 8 nitrogen and oxygen atoms in total. The van der Waals surface area contributed by atoms with E-state index in [1.807, 2.05) is 5.38 Å². The summed E-state index contributed by atoms with van der Waals surface area (Å²) >= 11 is 2.41. The lowest BCUT2D eigenvalue weighted by molar-refractivity contribution is -0.113. The van der Waals surface area contributed by atoms with Gasteiger partial charge in [-0.05, 0) is 36.4 Å². The molecule has 0 bridgehead atoms. The van der Waals surface area contributed by atoms with Gasteiger partial charge in [-0.2, -0.15) is 0 Å². The number of ether oxygens (including phenoxy) is 1. The van der Waals surface area contributed by atoms with E-state index in [-0.39, 0.29) is 23.1 Å². The van der Waals surface area contributed by atoms with E-state index in [2.05, 4.69) is 15.5 Å². The van der Waals surface area contributed by atoms with Crippen molar-refractivity contribution in [3.8, 4) is 0 Å². The second-order valence-corrected chi connectivity index (χ2v) is 9.12. The number of aromatic nitrogens is 4. The van der Waals surface area contributed by atoms with Crippen molar-refractivity contribution in [3.63, 3.8) is 0 Å². The Kier molecular flexibility index (Phi) is 5.66. The third kappa shape index (κ3) is 3.89. The van der Waals surface area contributed by atoms with Gasteiger partial charge in [0.15, 0.2) is 5.16 Å². The summed E-state index contributed by atoms with van der Waals surface area (Å²) in [6.45, 7) is 1.05. The number of carbonyl (C=O) groups excluding carboxylic acids is 1. The fourth-order valence-corrected chi connectivity index (χ4v) is 5.22. The summed E-state index contributed by atoms with van der Waals surface area (Å²) in [7, 11) is 0. The Labute approximate surface area is 188 Å². The van der Waals surface area contributed by atoms with Gasteiger partial charge < -0.3 is 10.1 Å². The Morgan fingerprint density at radius 2 is 2.19 bits per heavy atom. The number of anilines is 1. The number of nitrogens with zero attached hydrogens (tertiary/aromatic N) is 4. The Bertz CT molecular complexity index is 1380. The highest BCUT2D eigenvalue weighted by atomic mass is 32.2. The zero-order chi connectivity index (χ0) is 22.2. The largest absolute Gasteiger partial charge is 0.376 e. The van der Waals surface area contributed by atoms with Crippen molar-refractivity contribution in [1.82, 2.24) is 19.2 Å². The zero-order valence-electron chi connectivity index (χ0n) is 16.6. The molecule has 32 heavy (non-hydrogen) atoms. The Morgan fingerprint density at radius 1 is 1.31 bits per heavy atom. The Balaban J connectivity index is 1.43. The summed E-state index contributed by atoms with van der Waals surface area (Å²) in [4.78, 5) is 25.4. The van der Waals surface area contributed by atoms with Crippen LogP contribution in [0.4, 0.5) is 14.5 Å². The Hall–Kier alpha value is -2.83. The molecule has 0 radical (unpaired) electrons. The van der Waals surface area contributed by atoms with Crippen LogP contribution in [0.1, 0.15) is 12.8 Å². The predicted octanol–water partition coefficient (Wildman–Crippen LogP) is 3.29. The van der Waals surface area contributed by atoms with Gasteiger partial charge >= 0.3 is 0 Å². The summed E-state index contributed by atoms with van der Waals surface area (Å²) in [5.41, 5.74) is 0.274. The minimum Gasteiger partial charge on any atom is -0.376 e. The number of hydrogen-bond acceptors (Lipinski definition) is 7. The number of hydrogen-bond donors (Lipinski definition) is 1. The third-order valence-electron chi connectivity index (χ3n) is 5.13. The van der Waals surface area contributed by atoms with Crippen LogP contribution in [-0.2, 0) is 16.1 Å². The van der Waals surface area contributed by atoms with E-state index in [9.17, 15) is 18.4 Å². The summed E-state index contributed by atoms with van der Waals surface area (Å²) in [5.74, 6) is -1.63. The molecule has 1 saturated heterocycles. The molecule has 0 aliphatic carbocycles. The zero-order valence-corrected chi connectivity index (χ0v) is 18.2. The fourth-order valence-electron chi connectivity index (χ4n) is 3.66. The van der Waals surface area contributed by atoms with Crippen molar-refractivity contribution < 1.29 is 18.3 Å². The monoisotopic (exact) mass is 477 g/mol. The summed E-state index contributed by atoms with van der Waals surface area (Å²) in [5, 5.41) is 13.0. The maximum Gasteiger partial charge on any atom is 0.272 e. The molecular weight excluding hydrogens is 460 g/mol. The van der Waals surface area contributed by atoms with E-state index in [1.165, 1.54) is 11.3 Å². The van der Waals surface area contributed by atoms with Crippen molar-refractivity contribution >= 4 is 50.7 Å². The number of rotatable bonds is 6. The normalized spacial score (nSPS) is 16.2. The summed E-state index contributed by atoms with van der Waals surface area (Å²) in [6.07, 6.45) is 1.76. The average molecular weight is 478 g/mol. The summed E-state index contributed by atoms with van der Waals surface area (Å²) < 4.78 is 36.7. The van der Waals surface area contributed by atoms with Gasteiger partial charge in [0.25, 0.3) is 5.56 Å². The van der Waals surface area contributed by atoms with Gasteiger partial charge in [0.1, 0.15) is 16.3 Å². The standard InChI is InChI=1S/C20H17F2N5O3S2/c21-11-3-4-13(22)14(8-11)23-16(28)10-32-20-25-24-19-26(9-12-2-1-6-30-12)18(29)17-15(27(19)20)5-7-31-17/h3-5,7-8,12H,1-2,6,9-10H2,(H,23,28). The van der Waals surface area contributed by atoms with E-state index >= 15 is 0 Å². The van der Waals surface area contributed by atoms with Crippen molar-refractivity contribution in [1.29, 1.82) is 0 Å². The van der Waals surface area contributed by atoms with Gasteiger partial charge in [0, 0.05) is 12.7 Å². The van der Waals surface area contributed by atoms with Gasteiger partial charge in [-0.1, -0.05) is 11.8 Å². The van der Waals surface area contributed by atoms with E-state index in [0.29, 0.717) is 34.3 Å². The summed E-state index contributed by atoms with van der Waals surface area (Å²) in [6, 6.07) is 4.65. The molecule has 5 rings (SSSR count). The SMILES string of the molecule is O=C(CSc1nnc2n(CC3CCCO3)c(=O)c3sccc3n12)Nc1cc(F)ccc1F. The topological polar surface area (TPSA) is 90.5 Å². The molecule has 1 N–H and O–H groups in total. The number of carbonyl (C=O) groups is 1. The van der Waals surface area contributed by atoms with Crippen LogP contribution in [0.2, 0.25) is 0 Å². The van der Waals surface area contributed by atoms with Crippen LogP contribution >= 0.6 is 23.1 Å². The molecule has 1 aromatic carbocycles. The Morgan fingerprint density at radius 3 is 3.00 bits per heavy atom. The van der Waals surface area contributed by atoms with Crippen LogP contribution in [0.3, 0.4) is 0 Å². The molecule has 1 aliphatic heterocycles. The first-order valence-corrected chi connectivity index (χ1v) is 11.7. The number of amides is 1. The lowest BCUT2D eigenvalue weighted by Gasteiger charge is -2.13. The number of thioether (sulfide) groups is 1. The highest BCUT2D eigenvalue weighted by Crippen LogP contribution is 2.25. The molecule has 3 aromatic heterocycles. The van der Waals surface area contributed by atoms with Crippen LogP contribution in [0.5, 0.6) is 0 Å². The quantitative estimate of drug-likeness (QED) is 0.429. The lowest BCUT2D eigenvalue weighted by atomic mass is 10.2. The van der Waals surface area contributed by atoms with Crippen LogP contribution < -0.4 is 10.9 Å². The molecule has 12 heteroatoms. The van der Waals surface area contributed by atoms with Gasteiger partial charge in [0.05, 0.1) is 29.6 Å². The molecule has 4 aromatic rings. The average Bonchev–Trinajstić information content (AvgIpc) is 3.52. The second-order valence-electron chi connectivity index (χ2n) is 7.26. The van der Waals surface area contributed by atoms with Crippen LogP contribution in [-0.4, -0.2) is 43.5 Å². The molecule has 1 aliphatic rings. The minimum atomic E-state index is -0.726. The fraction of sp³-hybridized carbons (Fsp3) is 0.300. The number of halogens is 2. The van der Waals surface area contributed by atoms with Crippen LogP contribution in [0.25, 0.3) is 16.0 Å². The highest BCUT2D eigenvalue weighted by Gasteiger charge is 2.23. The van der Waals surface area contributed by atoms with Crippen molar-refractivity contribution in [2.45, 2.75) is 30.6 Å². The van der Waals surface area contributed by atoms with Gasteiger partial charge in [-0.25, -0.2) is 8.78 Å². The number of benzene rings is 1. The molecule has 166 valence electrons. The first kappa shape index (κ1) is 21.0. The third-order valence-corrected chi connectivity index (χ3v) is 6.95. The molecule has 4 heterocycles. The minimum absolute atomic E-state index is 0.0614. The number of thiophene rings is 1. The van der Waals surface area contributed by atoms with Crippen molar-refractivity contribution in [2.75, 3.05) is 17.7 Å². The van der Waals surface area contributed by atoms with Gasteiger partial charge in [-0.3, -0.25) is 18.6 Å². The molecule has 1 unspecified atom stereocenters. The molecule has 1 amide bonds. The van der Waals surface area contributed by atoms with Crippen molar-refractivity contribution in [2.24, 2.45) is 0 Å². The maximum atomic E-state index is 13.8. The lowest BCUT2D eigenvalue weighted by Crippen LogP contribution is -2.28. The first-order chi connectivity index (χ1) is 15.5. The number of nitrogens with one attached hydrogen (secondary N) is 1. The molecule has 0 spiro atoms. The van der Waals surface area contributed by atoms with Crippen molar-refractivity contribution in [3.05, 3.63) is 51.6 Å². The van der Waals surface area contributed by atoms with E-state index < -0.39 is 17.5 Å². The van der Waals surface area contributed by atoms with Gasteiger partial charge in [0.2, 0.25) is 11.7 Å². The smallest absolute Gasteiger partial charge is 0.272 e. The first-order valence-electron chi connectivity index (χ1n) is 9.85. The van der Waals surface area contributed by atoms with E-state index in [4.69, 9.17) is 4.74 Å². The van der Waals surface area contributed by atoms with E-state index in [0.717, 1.165) is 42.8 Å². The van der Waals surface area contributed by atoms with Crippen LogP contribution in [0.15, 0.2) is 39.6 Å². The van der Waals surface area contributed by atoms with E-state index in [1.54, 1.807) is 15.0 Å². The molecule has 1 atom stereocenters. The highest BCUT2D eigenvalue weighted by molar-refractivity contribution is 7.99. The molecule has 1 fully saturated rings. The maximum absolute atomic E-state index is 13.8.